The number of hydrogen-bond acceptors (Lipinski definition) is 6. The first-order valence-electron chi connectivity index (χ1n) is 7.46. The summed E-state index contributed by atoms with van der Waals surface area (Å²) in [4.78, 5) is 19.0. The van der Waals surface area contributed by atoms with Gasteiger partial charge in [0.05, 0.1) is 5.56 Å². The summed E-state index contributed by atoms with van der Waals surface area (Å²) in [5.74, 6) is 6.38. The Kier molecular flexibility index (Phi) is 5.27. The minimum absolute atomic E-state index is 0.0205. The van der Waals surface area contributed by atoms with Gasteiger partial charge in [-0.3, -0.25) is 10.2 Å². The van der Waals surface area contributed by atoms with Crippen LogP contribution in [0.2, 0.25) is 0 Å². The van der Waals surface area contributed by atoms with Crippen molar-refractivity contribution in [2.24, 2.45) is 0 Å². The molecule has 0 bridgehead atoms. The Morgan fingerprint density at radius 2 is 2.12 bits per heavy atom. The van der Waals surface area contributed by atoms with E-state index < -0.39 is 0 Å². The number of benzene rings is 1. The minimum Gasteiger partial charge on any atom is -0.383 e. The predicted octanol–water partition coefficient (Wildman–Crippen LogP) is 2.42. The van der Waals surface area contributed by atoms with Gasteiger partial charge in [-0.25, -0.2) is 9.97 Å². The first kappa shape index (κ1) is 17.2. The van der Waals surface area contributed by atoms with E-state index in [1.807, 2.05) is 26.8 Å². The van der Waals surface area contributed by atoms with Gasteiger partial charge in [0.25, 0.3) is 0 Å². The Hall–Kier alpha value is -3.20. The normalized spacial score (nSPS) is 10.0. The zero-order valence-corrected chi connectivity index (χ0v) is 13.8. The van der Waals surface area contributed by atoms with E-state index in [4.69, 9.17) is 11.1 Å². The van der Waals surface area contributed by atoms with Crippen LogP contribution in [0.1, 0.15) is 40.9 Å². The van der Waals surface area contributed by atoms with Gasteiger partial charge < -0.3 is 11.1 Å². The summed E-state index contributed by atoms with van der Waals surface area (Å²) in [5, 5.41) is 11.4. The van der Waals surface area contributed by atoms with Crippen molar-refractivity contribution in [1.82, 2.24) is 9.97 Å². The highest BCUT2D eigenvalue weighted by atomic mass is 16.1. The average Bonchev–Trinajstić information content (AvgIpc) is 2.53. The molecule has 0 fully saturated rings. The third kappa shape index (κ3) is 3.96. The molecule has 0 aliphatic heterocycles. The lowest BCUT2D eigenvalue weighted by Gasteiger charge is -2.13. The molecule has 1 heterocycles. The monoisotopic (exact) mass is 321 g/mol. The van der Waals surface area contributed by atoms with Crippen LogP contribution in [0.5, 0.6) is 0 Å². The summed E-state index contributed by atoms with van der Waals surface area (Å²) in [6.45, 7) is 5.82. The van der Waals surface area contributed by atoms with Gasteiger partial charge in [-0.15, -0.1) is 0 Å². The van der Waals surface area contributed by atoms with E-state index in [1.165, 1.54) is 6.33 Å². The molecule has 0 saturated heterocycles. The molecule has 2 aromatic rings. The number of nitrogen functional groups attached to an aromatic ring is 1. The number of aryl methyl sites for hydroxylation is 1. The molecule has 24 heavy (non-hydrogen) atoms. The molecule has 122 valence electrons. The Morgan fingerprint density at radius 1 is 1.38 bits per heavy atom. The van der Waals surface area contributed by atoms with Crippen LogP contribution < -0.4 is 11.1 Å². The van der Waals surface area contributed by atoms with E-state index in [1.54, 1.807) is 12.1 Å². The lowest BCUT2D eigenvalue weighted by atomic mass is 10.0. The van der Waals surface area contributed by atoms with Crippen LogP contribution >= 0.6 is 0 Å². The first-order valence-corrected chi connectivity index (χ1v) is 7.46. The maximum Gasteiger partial charge on any atom is 0.150 e. The second kappa shape index (κ2) is 7.38. The SMILES string of the molecule is Cc1ccc(C=O)cc1C#CC(=N)c1c(N)ncnc1NC(C)C. The molecule has 0 aliphatic rings. The van der Waals surface area contributed by atoms with E-state index in [0.717, 1.165) is 11.8 Å². The maximum atomic E-state index is 10.9. The first-order chi connectivity index (χ1) is 11.4. The van der Waals surface area contributed by atoms with Gasteiger partial charge in [-0.05, 0) is 38.3 Å². The van der Waals surface area contributed by atoms with Crippen molar-refractivity contribution in [3.63, 3.8) is 0 Å². The standard InChI is InChI=1S/C18H19N5O/c1-11(2)23-18-16(17(20)21-10-22-18)15(19)7-6-14-8-13(9-24)5-4-12(14)3/h4-5,8-11,19H,1-3H3,(H3,20,21,22,23). The molecule has 0 aliphatic carbocycles. The molecule has 1 aromatic heterocycles. The number of aromatic nitrogens is 2. The van der Waals surface area contributed by atoms with E-state index >= 15 is 0 Å². The smallest absolute Gasteiger partial charge is 0.150 e. The third-order valence-electron chi connectivity index (χ3n) is 3.27. The molecular weight excluding hydrogens is 302 g/mol. The van der Waals surface area contributed by atoms with Gasteiger partial charge in [-0.2, -0.15) is 0 Å². The van der Waals surface area contributed by atoms with E-state index in [0.29, 0.717) is 22.5 Å². The summed E-state index contributed by atoms with van der Waals surface area (Å²) in [7, 11) is 0. The van der Waals surface area contributed by atoms with Crippen molar-refractivity contribution >= 4 is 23.6 Å². The highest BCUT2D eigenvalue weighted by Gasteiger charge is 2.13. The fraction of sp³-hybridized carbons (Fsp3) is 0.222. The molecular formula is C18H19N5O. The second-order valence-corrected chi connectivity index (χ2v) is 5.60. The Balaban J connectivity index is 2.40. The van der Waals surface area contributed by atoms with Gasteiger partial charge in [0.15, 0.2) is 0 Å². The molecule has 0 atom stereocenters. The van der Waals surface area contributed by atoms with Crippen LogP contribution in [0.25, 0.3) is 0 Å². The van der Waals surface area contributed by atoms with Gasteiger partial charge in [0.2, 0.25) is 0 Å². The fourth-order valence-electron chi connectivity index (χ4n) is 2.07. The summed E-state index contributed by atoms with van der Waals surface area (Å²) >= 11 is 0. The number of nitrogens with one attached hydrogen (secondary N) is 2. The van der Waals surface area contributed by atoms with Crippen LogP contribution in [0.15, 0.2) is 24.5 Å². The number of nitrogens with two attached hydrogens (primary N) is 1. The molecule has 0 spiro atoms. The fourth-order valence-corrected chi connectivity index (χ4v) is 2.07. The molecule has 6 heteroatoms. The number of aldehydes is 1. The number of anilines is 2. The van der Waals surface area contributed by atoms with Crippen LogP contribution in [0.4, 0.5) is 11.6 Å². The number of carbonyl (C=O) groups is 1. The van der Waals surface area contributed by atoms with Crippen LogP contribution in [0.3, 0.4) is 0 Å². The van der Waals surface area contributed by atoms with E-state index in [-0.39, 0.29) is 17.6 Å². The van der Waals surface area contributed by atoms with Crippen molar-refractivity contribution in [2.75, 3.05) is 11.1 Å². The zero-order chi connectivity index (χ0) is 17.7. The maximum absolute atomic E-state index is 10.9. The second-order valence-electron chi connectivity index (χ2n) is 5.60. The van der Waals surface area contributed by atoms with Gasteiger partial charge >= 0.3 is 0 Å². The molecule has 2 rings (SSSR count). The number of hydrogen-bond donors (Lipinski definition) is 3. The zero-order valence-electron chi connectivity index (χ0n) is 13.8. The Labute approximate surface area is 141 Å². The summed E-state index contributed by atoms with van der Waals surface area (Å²) in [6.07, 6.45) is 2.12. The number of carbonyl (C=O) groups excluding carboxylic acids is 1. The van der Waals surface area contributed by atoms with Gasteiger partial charge in [0, 0.05) is 17.2 Å². The highest BCUT2D eigenvalue weighted by molar-refractivity contribution is 6.16. The summed E-state index contributed by atoms with van der Waals surface area (Å²) in [6, 6.07) is 5.38. The lowest BCUT2D eigenvalue weighted by Crippen LogP contribution is -2.16. The third-order valence-corrected chi connectivity index (χ3v) is 3.27. The molecule has 0 unspecified atom stereocenters. The van der Waals surface area contributed by atoms with Crippen molar-refractivity contribution in [1.29, 1.82) is 5.41 Å². The quantitative estimate of drug-likeness (QED) is 0.456. The molecule has 4 N–H and O–H groups in total. The van der Waals surface area contributed by atoms with Gasteiger partial charge in [0.1, 0.15) is 30.0 Å². The predicted molar refractivity (Wildman–Crippen MR) is 95.5 cm³/mol. The molecule has 0 radical (unpaired) electrons. The summed E-state index contributed by atoms with van der Waals surface area (Å²) < 4.78 is 0. The average molecular weight is 321 g/mol. The van der Waals surface area contributed by atoms with Crippen LogP contribution in [-0.2, 0) is 0 Å². The van der Waals surface area contributed by atoms with E-state index in [9.17, 15) is 4.79 Å². The number of rotatable bonds is 4. The van der Waals surface area contributed by atoms with Crippen molar-refractivity contribution < 1.29 is 4.79 Å². The molecule has 0 saturated carbocycles. The van der Waals surface area contributed by atoms with Crippen molar-refractivity contribution in [3.05, 3.63) is 46.8 Å². The van der Waals surface area contributed by atoms with Crippen LogP contribution in [-0.4, -0.2) is 28.0 Å². The molecule has 0 amide bonds. The highest BCUT2D eigenvalue weighted by Crippen LogP contribution is 2.18. The Bertz CT molecular complexity index is 846. The molecule has 1 aromatic carbocycles. The van der Waals surface area contributed by atoms with E-state index in [2.05, 4.69) is 27.1 Å². The van der Waals surface area contributed by atoms with Crippen molar-refractivity contribution in [3.8, 4) is 11.8 Å². The van der Waals surface area contributed by atoms with Gasteiger partial charge in [-0.1, -0.05) is 18.1 Å². The largest absolute Gasteiger partial charge is 0.383 e. The topological polar surface area (TPSA) is 105 Å². The number of nitrogens with zero attached hydrogens (tertiary/aromatic N) is 2. The minimum atomic E-state index is 0.0205. The van der Waals surface area contributed by atoms with Crippen LogP contribution in [0, 0.1) is 24.2 Å². The Morgan fingerprint density at radius 3 is 2.79 bits per heavy atom. The van der Waals surface area contributed by atoms with Crippen molar-refractivity contribution in [2.45, 2.75) is 26.8 Å². The summed E-state index contributed by atoms with van der Waals surface area (Å²) in [5.41, 5.74) is 8.46. The molecule has 6 nitrogen and oxygen atoms in total. The lowest BCUT2D eigenvalue weighted by molar-refractivity contribution is 0.112.